The van der Waals surface area contributed by atoms with Gasteiger partial charge in [0.15, 0.2) is 6.29 Å². The number of rotatable bonds is 3. The number of aliphatic hydroxyl groups is 5. The Morgan fingerprint density at radius 2 is 1.86 bits per heavy atom. The van der Waals surface area contributed by atoms with Crippen molar-refractivity contribution in [1.82, 2.24) is 0 Å². The number of phenolic OH excluding ortho intramolecular Hbond substituents is 1. The lowest BCUT2D eigenvalue weighted by molar-refractivity contribution is -0.318. The fourth-order valence-corrected chi connectivity index (χ4v) is 3.88. The minimum absolute atomic E-state index is 0.0557. The summed E-state index contributed by atoms with van der Waals surface area (Å²) in [5, 5.41) is 59.8. The van der Waals surface area contributed by atoms with Crippen molar-refractivity contribution >= 4 is 11.0 Å². The van der Waals surface area contributed by atoms with Gasteiger partial charge in [-0.05, 0) is 18.6 Å². The Morgan fingerprint density at radius 1 is 1.10 bits per heavy atom. The van der Waals surface area contributed by atoms with Gasteiger partial charge in [-0.25, -0.2) is 0 Å². The third-order valence-corrected chi connectivity index (χ3v) is 5.47. The van der Waals surface area contributed by atoms with Gasteiger partial charge in [-0.2, -0.15) is 0 Å². The quantitative estimate of drug-likeness (QED) is 0.356. The third-order valence-electron chi connectivity index (χ3n) is 5.47. The first-order valence-electron chi connectivity index (χ1n) is 9.25. The van der Waals surface area contributed by atoms with Gasteiger partial charge in [0.05, 0.1) is 18.3 Å². The zero-order valence-corrected chi connectivity index (χ0v) is 15.2. The van der Waals surface area contributed by atoms with Gasteiger partial charge in [0, 0.05) is 6.42 Å². The van der Waals surface area contributed by atoms with E-state index in [-0.39, 0.29) is 40.9 Å². The molecule has 1 aromatic heterocycles. The Bertz CT molecular complexity index is 954. The van der Waals surface area contributed by atoms with Crippen LogP contribution in [0.15, 0.2) is 27.4 Å². The summed E-state index contributed by atoms with van der Waals surface area (Å²) in [4.78, 5) is 12.9. The Balaban J connectivity index is 1.63. The van der Waals surface area contributed by atoms with E-state index in [9.17, 15) is 35.4 Å². The molecule has 10 nitrogen and oxygen atoms in total. The van der Waals surface area contributed by atoms with Crippen LogP contribution in [0.5, 0.6) is 5.75 Å². The van der Waals surface area contributed by atoms with Crippen molar-refractivity contribution in [3.63, 3.8) is 0 Å². The van der Waals surface area contributed by atoms with Crippen LogP contribution in [0.25, 0.3) is 11.0 Å². The molecule has 7 atom stereocenters. The van der Waals surface area contributed by atoms with Crippen molar-refractivity contribution in [3.05, 3.63) is 39.7 Å². The monoisotopic (exact) mass is 410 g/mol. The number of aromatic hydroxyl groups is 1. The number of aliphatic hydroxyl groups excluding tert-OH is 5. The average molecular weight is 410 g/mol. The Hall–Kier alpha value is -2.05. The third kappa shape index (κ3) is 3.32. The molecule has 0 saturated carbocycles. The maximum atomic E-state index is 12.9. The van der Waals surface area contributed by atoms with Crippen LogP contribution in [0.4, 0.5) is 0 Å². The standard InChI is InChI=1S/C19H22O10/c20-6-11-15(23)17(25)18(26)19(29-11)28-10-5-4-9-13(14(10)22)16(24)12-7(21)2-1-3-8(12)27-9/h1-3,10-11,14-15,17-23,25-26H,4-6H2/t10?,11-,14?,15-,17+,18-,19-/m1/s1. The first kappa shape index (κ1) is 20.2. The van der Waals surface area contributed by atoms with Crippen LogP contribution in [0.3, 0.4) is 0 Å². The second-order valence-electron chi connectivity index (χ2n) is 7.27. The predicted octanol–water partition coefficient (Wildman–Crippen LogP) is -1.34. The fourth-order valence-electron chi connectivity index (χ4n) is 3.88. The number of aryl methyl sites for hydroxylation is 1. The summed E-state index contributed by atoms with van der Waals surface area (Å²) in [6, 6.07) is 4.42. The van der Waals surface area contributed by atoms with Gasteiger partial charge in [-0.15, -0.1) is 0 Å². The molecule has 158 valence electrons. The van der Waals surface area contributed by atoms with Gasteiger partial charge in [0.2, 0.25) is 5.43 Å². The van der Waals surface area contributed by atoms with E-state index in [2.05, 4.69) is 0 Å². The summed E-state index contributed by atoms with van der Waals surface area (Å²) in [7, 11) is 0. The summed E-state index contributed by atoms with van der Waals surface area (Å²) in [5.41, 5.74) is -0.442. The van der Waals surface area contributed by atoms with Gasteiger partial charge in [0.25, 0.3) is 0 Å². The molecule has 6 N–H and O–H groups in total. The molecular formula is C19H22O10. The number of benzene rings is 1. The van der Waals surface area contributed by atoms with Crippen LogP contribution < -0.4 is 5.43 Å². The molecule has 0 amide bonds. The molecule has 0 radical (unpaired) electrons. The molecule has 10 heteroatoms. The van der Waals surface area contributed by atoms with Crippen LogP contribution in [0.1, 0.15) is 23.8 Å². The van der Waals surface area contributed by atoms with E-state index >= 15 is 0 Å². The highest BCUT2D eigenvalue weighted by Gasteiger charge is 2.46. The topological polar surface area (TPSA) is 170 Å². The van der Waals surface area contributed by atoms with E-state index < -0.39 is 54.9 Å². The predicted molar refractivity (Wildman–Crippen MR) is 96.1 cm³/mol. The van der Waals surface area contributed by atoms with Crippen molar-refractivity contribution in [2.75, 3.05) is 6.61 Å². The fraction of sp³-hybridized carbons (Fsp3) is 0.526. The maximum Gasteiger partial charge on any atom is 0.202 e. The molecule has 1 aliphatic carbocycles. The lowest BCUT2D eigenvalue weighted by Gasteiger charge is -2.42. The highest BCUT2D eigenvalue weighted by atomic mass is 16.7. The van der Waals surface area contributed by atoms with Gasteiger partial charge >= 0.3 is 0 Å². The van der Waals surface area contributed by atoms with E-state index in [1.165, 1.54) is 12.1 Å². The van der Waals surface area contributed by atoms with Crippen LogP contribution in [0.2, 0.25) is 0 Å². The lowest BCUT2D eigenvalue weighted by atomic mass is 9.90. The first-order valence-corrected chi connectivity index (χ1v) is 9.25. The Kier molecular flexibility index (Phi) is 5.34. The van der Waals surface area contributed by atoms with Gasteiger partial charge in [0.1, 0.15) is 53.0 Å². The van der Waals surface area contributed by atoms with Crippen molar-refractivity contribution in [2.24, 2.45) is 0 Å². The number of fused-ring (bicyclic) bond motifs is 2. The smallest absolute Gasteiger partial charge is 0.202 e. The minimum atomic E-state index is -1.63. The minimum Gasteiger partial charge on any atom is -0.507 e. The van der Waals surface area contributed by atoms with Gasteiger partial charge in [-0.1, -0.05) is 6.07 Å². The van der Waals surface area contributed by atoms with E-state index in [1.54, 1.807) is 6.07 Å². The summed E-state index contributed by atoms with van der Waals surface area (Å²) < 4.78 is 16.6. The van der Waals surface area contributed by atoms with Crippen molar-refractivity contribution in [2.45, 2.75) is 55.8 Å². The van der Waals surface area contributed by atoms with Crippen LogP contribution in [0, 0.1) is 0 Å². The maximum absolute atomic E-state index is 12.9. The average Bonchev–Trinajstić information content (AvgIpc) is 2.70. The van der Waals surface area contributed by atoms with Crippen LogP contribution >= 0.6 is 0 Å². The molecule has 2 heterocycles. The molecule has 2 unspecified atom stereocenters. The highest BCUT2D eigenvalue weighted by molar-refractivity contribution is 5.83. The zero-order valence-electron chi connectivity index (χ0n) is 15.2. The summed E-state index contributed by atoms with van der Waals surface area (Å²) >= 11 is 0. The van der Waals surface area contributed by atoms with Crippen molar-refractivity contribution in [3.8, 4) is 5.75 Å². The molecule has 4 rings (SSSR count). The second kappa shape index (κ2) is 7.65. The molecule has 2 aliphatic rings. The molecule has 0 spiro atoms. The molecule has 29 heavy (non-hydrogen) atoms. The summed E-state index contributed by atoms with van der Waals surface area (Å²) in [6.45, 7) is -0.615. The molecular weight excluding hydrogens is 388 g/mol. The van der Waals surface area contributed by atoms with E-state index in [0.717, 1.165) is 0 Å². The van der Waals surface area contributed by atoms with E-state index in [1.807, 2.05) is 0 Å². The van der Waals surface area contributed by atoms with Crippen molar-refractivity contribution in [1.29, 1.82) is 0 Å². The SMILES string of the molecule is O=c1c2c(oc3cccc(O)c13)CCC(O[C@@H]1O[C@H](CO)[C@@H](O)[C@H](O)[C@H]1O)C2O. The number of ether oxygens (including phenoxy) is 2. The summed E-state index contributed by atoms with van der Waals surface area (Å²) in [6.07, 6.45) is -9.34. The Labute approximate surface area is 164 Å². The molecule has 1 aromatic carbocycles. The number of hydrogen-bond donors (Lipinski definition) is 6. The van der Waals surface area contributed by atoms with Crippen LogP contribution in [-0.2, 0) is 15.9 Å². The largest absolute Gasteiger partial charge is 0.507 e. The van der Waals surface area contributed by atoms with Crippen molar-refractivity contribution < 1.29 is 44.5 Å². The first-order chi connectivity index (χ1) is 13.8. The van der Waals surface area contributed by atoms with Gasteiger partial charge < -0.3 is 44.5 Å². The number of phenols is 1. The zero-order chi connectivity index (χ0) is 20.9. The Morgan fingerprint density at radius 3 is 2.59 bits per heavy atom. The molecule has 0 bridgehead atoms. The highest BCUT2D eigenvalue weighted by Crippen LogP contribution is 2.35. The van der Waals surface area contributed by atoms with E-state index in [0.29, 0.717) is 0 Å². The van der Waals surface area contributed by atoms with E-state index in [4.69, 9.17) is 13.9 Å². The van der Waals surface area contributed by atoms with Crippen LogP contribution in [-0.4, -0.2) is 74.1 Å². The molecule has 2 aromatic rings. The molecule has 1 saturated heterocycles. The molecule has 1 fully saturated rings. The normalized spacial score (nSPS) is 34.9. The second-order valence-corrected chi connectivity index (χ2v) is 7.27. The lowest BCUT2D eigenvalue weighted by Crippen LogP contribution is -2.60. The van der Waals surface area contributed by atoms with Gasteiger partial charge in [-0.3, -0.25) is 4.79 Å². The summed E-state index contributed by atoms with van der Waals surface area (Å²) in [5.74, 6) is -0.00234. The number of hydrogen-bond acceptors (Lipinski definition) is 10. The molecule has 1 aliphatic heterocycles.